The summed E-state index contributed by atoms with van der Waals surface area (Å²) in [6.07, 6.45) is 8.97. The first kappa shape index (κ1) is 21.7. The van der Waals surface area contributed by atoms with Gasteiger partial charge >= 0.3 is 0 Å². The van der Waals surface area contributed by atoms with Crippen LogP contribution in [0.2, 0.25) is 0 Å². The number of likely N-dealkylation sites (N-methyl/N-ethyl adjacent to an activating group) is 1. The van der Waals surface area contributed by atoms with Crippen molar-refractivity contribution in [1.82, 2.24) is 4.90 Å². The van der Waals surface area contributed by atoms with Crippen LogP contribution in [0.15, 0.2) is 42.5 Å². The predicted octanol–water partition coefficient (Wildman–Crippen LogP) is 4.83. The maximum atomic E-state index is 12.6. The molecule has 0 saturated carbocycles. The quantitative estimate of drug-likeness (QED) is 0.678. The fourth-order valence-corrected chi connectivity index (χ4v) is 4.48. The summed E-state index contributed by atoms with van der Waals surface area (Å²) in [6, 6.07) is 15.5. The van der Waals surface area contributed by atoms with Crippen LogP contribution in [0.25, 0.3) is 0 Å². The molecule has 1 heterocycles. The zero-order valence-electron chi connectivity index (χ0n) is 17.5. The van der Waals surface area contributed by atoms with Gasteiger partial charge in [0.1, 0.15) is 0 Å². The lowest BCUT2D eigenvalue weighted by Gasteiger charge is -2.20. The van der Waals surface area contributed by atoms with Crippen molar-refractivity contribution < 1.29 is 4.79 Å². The van der Waals surface area contributed by atoms with Crippen molar-refractivity contribution in [2.45, 2.75) is 51.4 Å². The van der Waals surface area contributed by atoms with Crippen molar-refractivity contribution in [3.8, 4) is 0 Å². The van der Waals surface area contributed by atoms with E-state index in [0.29, 0.717) is 6.42 Å². The van der Waals surface area contributed by atoms with Gasteiger partial charge in [-0.05, 0) is 79.3 Å². The van der Waals surface area contributed by atoms with E-state index in [0.717, 1.165) is 18.5 Å². The lowest BCUT2D eigenvalue weighted by Crippen LogP contribution is -2.30. The molecular weight excluding hydrogens is 380 g/mol. The Morgan fingerprint density at radius 1 is 0.897 bits per heavy atom. The molecule has 4 rings (SSSR count). The molecule has 2 aromatic rings. The Hall–Kier alpha value is -2.00. The smallest absolute Gasteiger partial charge is 0.226 e. The van der Waals surface area contributed by atoms with Gasteiger partial charge in [0.05, 0.1) is 6.42 Å². The highest BCUT2D eigenvalue weighted by Crippen LogP contribution is 2.23. The summed E-state index contributed by atoms with van der Waals surface area (Å²) in [6.45, 7) is 3.13. The molecule has 0 atom stereocenters. The molecule has 4 heteroatoms. The number of rotatable bonds is 6. The summed E-state index contributed by atoms with van der Waals surface area (Å²) in [4.78, 5) is 17.0. The molecule has 3 nitrogen and oxygen atoms in total. The molecule has 0 spiro atoms. The van der Waals surface area contributed by atoms with Crippen LogP contribution >= 0.6 is 12.4 Å². The third-order valence-corrected chi connectivity index (χ3v) is 6.34. The molecule has 1 aliphatic heterocycles. The molecule has 0 unspecified atom stereocenters. The summed E-state index contributed by atoms with van der Waals surface area (Å²) in [5.74, 6) is 0.212. The van der Waals surface area contributed by atoms with Crippen LogP contribution in [-0.2, 0) is 30.5 Å². The normalized spacial score (nSPS) is 15.6. The number of aryl methyl sites for hydroxylation is 2. The number of hydrogen-bond donors (Lipinski definition) is 0. The van der Waals surface area contributed by atoms with Crippen LogP contribution in [0.5, 0.6) is 0 Å². The lowest BCUT2D eigenvalue weighted by molar-refractivity contribution is -0.129. The van der Waals surface area contributed by atoms with Crippen LogP contribution in [0, 0.1) is 0 Å². The number of halogens is 1. The van der Waals surface area contributed by atoms with Gasteiger partial charge < -0.3 is 9.80 Å². The molecule has 0 bridgehead atoms. The second kappa shape index (κ2) is 10.2. The van der Waals surface area contributed by atoms with Crippen LogP contribution < -0.4 is 4.90 Å². The molecule has 1 amide bonds. The SMILES string of the molecule is CN(CCc1ccc(N2CCCC2)cc1)C(=O)Cc1ccc2c(c1)CCCC2.Cl. The van der Waals surface area contributed by atoms with Crippen molar-refractivity contribution in [1.29, 1.82) is 0 Å². The maximum Gasteiger partial charge on any atom is 0.226 e. The summed E-state index contributed by atoms with van der Waals surface area (Å²) >= 11 is 0. The van der Waals surface area contributed by atoms with Gasteiger partial charge in [-0.25, -0.2) is 0 Å². The summed E-state index contributed by atoms with van der Waals surface area (Å²) in [5, 5.41) is 0. The third kappa shape index (κ3) is 5.54. The Kier molecular flexibility index (Phi) is 7.60. The average Bonchev–Trinajstić information content (AvgIpc) is 3.27. The van der Waals surface area contributed by atoms with Crippen molar-refractivity contribution >= 4 is 24.0 Å². The second-order valence-electron chi connectivity index (χ2n) is 8.41. The van der Waals surface area contributed by atoms with Gasteiger partial charge in [-0.15, -0.1) is 12.4 Å². The van der Waals surface area contributed by atoms with E-state index in [1.165, 1.54) is 74.0 Å². The van der Waals surface area contributed by atoms with E-state index in [9.17, 15) is 4.79 Å². The van der Waals surface area contributed by atoms with Crippen molar-refractivity contribution in [2.24, 2.45) is 0 Å². The standard InChI is InChI=1S/C25H32N2O.ClH/c1-26(17-14-20-9-12-24(13-10-20)27-15-4-5-16-27)25(28)19-21-8-11-22-6-2-3-7-23(22)18-21;/h8-13,18H,2-7,14-17,19H2,1H3;1H. The highest BCUT2D eigenvalue weighted by molar-refractivity contribution is 5.85. The third-order valence-electron chi connectivity index (χ3n) is 6.34. The molecule has 0 aromatic heterocycles. The topological polar surface area (TPSA) is 23.6 Å². The molecule has 1 saturated heterocycles. The predicted molar refractivity (Wildman–Crippen MR) is 123 cm³/mol. The molecule has 1 aliphatic carbocycles. The monoisotopic (exact) mass is 412 g/mol. The van der Waals surface area contributed by atoms with Gasteiger partial charge in [-0.2, -0.15) is 0 Å². The minimum Gasteiger partial charge on any atom is -0.372 e. The molecule has 1 fully saturated rings. The minimum absolute atomic E-state index is 0. The van der Waals surface area contributed by atoms with E-state index in [-0.39, 0.29) is 18.3 Å². The minimum atomic E-state index is 0. The van der Waals surface area contributed by atoms with Gasteiger partial charge in [-0.1, -0.05) is 30.3 Å². The van der Waals surface area contributed by atoms with Crippen LogP contribution in [0.4, 0.5) is 5.69 Å². The molecule has 2 aromatic carbocycles. The molecule has 0 N–H and O–H groups in total. The van der Waals surface area contributed by atoms with E-state index in [1.54, 1.807) is 0 Å². The van der Waals surface area contributed by atoms with E-state index in [4.69, 9.17) is 0 Å². The lowest BCUT2D eigenvalue weighted by atomic mass is 9.90. The average molecular weight is 413 g/mol. The molecule has 0 radical (unpaired) electrons. The van der Waals surface area contributed by atoms with Gasteiger partial charge in [0.15, 0.2) is 0 Å². The number of amides is 1. The Balaban J connectivity index is 0.00000240. The molecule has 2 aliphatic rings. The highest BCUT2D eigenvalue weighted by Gasteiger charge is 2.14. The number of hydrogen-bond acceptors (Lipinski definition) is 2. The summed E-state index contributed by atoms with van der Waals surface area (Å²) in [7, 11) is 1.93. The zero-order valence-corrected chi connectivity index (χ0v) is 18.3. The largest absolute Gasteiger partial charge is 0.372 e. The fraction of sp³-hybridized carbons (Fsp3) is 0.480. The number of benzene rings is 2. The van der Waals surface area contributed by atoms with Crippen molar-refractivity contribution in [2.75, 3.05) is 31.6 Å². The molecular formula is C25H33ClN2O. The van der Waals surface area contributed by atoms with Gasteiger partial charge in [0.25, 0.3) is 0 Å². The number of carbonyl (C=O) groups is 1. The van der Waals surface area contributed by atoms with E-state index >= 15 is 0 Å². The first-order chi connectivity index (χ1) is 13.7. The van der Waals surface area contributed by atoms with Gasteiger partial charge in [0.2, 0.25) is 5.91 Å². The Morgan fingerprint density at radius 2 is 1.55 bits per heavy atom. The maximum absolute atomic E-state index is 12.6. The van der Waals surface area contributed by atoms with Gasteiger partial charge in [-0.3, -0.25) is 4.79 Å². The molecule has 156 valence electrons. The fourth-order valence-electron chi connectivity index (χ4n) is 4.48. The van der Waals surface area contributed by atoms with Crippen LogP contribution in [-0.4, -0.2) is 37.5 Å². The van der Waals surface area contributed by atoms with Crippen LogP contribution in [0.1, 0.15) is 47.9 Å². The summed E-state index contributed by atoms with van der Waals surface area (Å²) < 4.78 is 0. The van der Waals surface area contributed by atoms with E-state index < -0.39 is 0 Å². The number of carbonyl (C=O) groups excluding carboxylic acids is 1. The number of nitrogens with zero attached hydrogens (tertiary/aromatic N) is 2. The highest BCUT2D eigenvalue weighted by atomic mass is 35.5. The first-order valence-electron chi connectivity index (χ1n) is 10.9. The second-order valence-corrected chi connectivity index (χ2v) is 8.41. The Labute approximate surface area is 181 Å². The Morgan fingerprint density at radius 3 is 2.28 bits per heavy atom. The van der Waals surface area contributed by atoms with Crippen LogP contribution in [0.3, 0.4) is 0 Å². The van der Waals surface area contributed by atoms with E-state index in [2.05, 4.69) is 47.4 Å². The number of fused-ring (bicyclic) bond motifs is 1. The molecule has 29 heavy (non-hydrogen) atoms. The first-order valence-corrected chi connectivity index (χ1v) is 10.9. The summed E-state index contributed by atoms with van der Waals surface area (Å²) in [5.41, 5.74) is 6.73. The Bertz CT molecular complexity index is 812. The van der Waals surface area contributed by atoms with Crippen molar-refractivity contribution in [3.05, 3.63) is 64.7 Å². The van der Waals surface area contributed by atoms with Gasteiger partial charge in [0, 0.05) is 32.4 Å². The number of anilines is 1. The zero-order chi connectivity index (χ0) is 19.3. The van der Waals surface area contributed by atoms with Crippen molar-refractivity contribution in [3.63, 3.8) is 0 Å². The van der Waals surface area contributed by atoms with E-state index in [1.807, 2.05) is 11.9 Å².